The monoisotopic (exact) mass is 330 g/mol. The predicted molar refractivity (Wildman–Crippen MR) is 60.9 cm³/mol. The van der Waals surface area contributed by atoms with E-state index in [0.29, 0.717) is 0 Å². The van der Waals surface area contributed by atoms with Crippen LogP contribution in [0.2, 0.25) is 0 Å². The van der Waals surface area contributed by atoms with E-state index in [2.05, 4.69) is 41.2 Å². The van der Waals surface area contributed by atoms with Gasteiger partial charge < -0.3 is 11.5 Å². The molecule has 1 aromatic rings. The van der Waals surface area contributed by atoms with Crippen molar-refractivity contribution in [2.24, 2.45) is 21.7 Å². The molecule has 0 saturated heterocycles. The molecule has 4 N–H and O–H groups in total. The van der Waals surface area contributed by atoms with Gasteiger partial charge in [0.05, 0.1) is 0 Å². The maximum absolute atomic E-state index is 9.97. The molecule has 0 amide bonds. The Bertz CT molecular complexity index is 522. The summed E-state index contributed by atoms with van der Waals surface area (Å²) in [5, 5.41) is 42.9. The van der Waals surface area contributed by atoms with Gasteiger partial charge in [0.1, 0.15) is 11.9 Å². The van der Waals surface area contributed by atoms with Gasteiger partial charge in [-0.15, -0.1) is 0 Å². The van der Waals surface area contributed by atoms with Crippen molar-refractivity contribution in [3.8, 4) is 0 Å². The molecule has 0 aliphatic rings. The van der Waals surface area contributed by atoms with Gasteiger partial charge in [-0.1, -0.05) is 0 Å². The second-order valence-electron chi connectivity index (χ2n) is 2.62. The van der Waals surface area contributed by atoms with Crippen LogP contribution in [0.4, 0.5) is 11.9 Å². The Kier molecular flexibility index (Phi) is 11.2. The van der Waals surface area contributed by atoms with Crippen LogP contribution in [0.5, 0.6) is 0 Å². The van der Waals surface area contributed by atoms with Gasteiger partial charge in [0.25, 0.3) is 0 Å². The van der Waals surface area contributed by atoms with Crippen LogP contribution in [-0.4, -0.2) is 42.4 Å². The fourth-order valence-corrected chi connectivity index (χ4v) is 0.725. The molecule has 1 heterocycles. The number of rotatable bonds is 4. The Labute approximate surface area is 165 Å². The van der Waals surface area contributed by atoms with E-state index < -0.39 is 33.9 Å². The maximum atomic E-state index is 9.97. The first-order valence-corrected chi connectivity index (χ1v) is 4.34. The van der Waals surface area contributed by atoms with E-state index in [0.717, 1.165) is 0 Å². The first kappa shape index (κ1) is 22.6. The van der Waals surface area contributed by atoms with Gasteiger partial charge in [-0.2, -0.15) is 0 Å². The number of nitrogens with zero attached hydrogens (tertiary/aromatic N) is 10. The maximum Gasteiger partial charge on any atom is 1.00 e. The van der Waals surface area contributed by atoms with E-state index in [4.69, 9.17) is 11.5 Å². The van der Waals surface area contributed by atoms with Crippen molar-refractivity contribution in [3.05, 3.63) is 30.9 Å². The minimum absolute atomic E-state index is 0. The summed E-state index contributed by atoms with van der Waals surface area (Å²) in [4.78, 5) is 19.9. The number of hydrogen-bond donors (Lipinski definition) is 2. The van der Waals surface area contributed by atoms with Gasteiger partial charge in [0.15, 0.2) is 22.0 Å². The second-order valence-corrected chi connectivity index (χ2v) is 2.62. The molecule has 1 aromatic heterocycles. The third-order valence-electron chi connectivity index (χ3n) is 1.26. The van der Waals surface area contributed by atoms with Crippen molar-refractivity contribution in [2.75, 3.05) is 0 Å². The molecule has 22 heavy (non-hydrogen) atoms. The number of hydrazone groups is 2. The summed E-state index contributed by atoms with van der Waals surface area (Å²) in [7, 11) is 0. The Morgan fingerprint density at radius 3 is 1.36 bits per heavy atom. The molecule has 0 aliphatic carbocycles. The smallest absolute Gasteiger partial charge is 0.414 e. The van der Waals surface area contributed by atoms with Crippen LogP contribution in [0.15, 0.2) is 10.2 Å². The van der Waals surface area contributed by atoms with Gasteiger partial charge >= 0.3 is 59.1 Å². The summed E-state index contributed by atoms with van der Waals surface area (Å²) >= 11 is 0. The van der Waals surface area contributed by atoms with Crippen molar-refractivity contribution >= 4 is 23.8 Å². The van der Waals surface area contributed by atoms with Gasteiger partial charge in [0.2, 0.25) is 0 Å². The van der Waals surface area contributed by atoms with E-state index in [1.165, 1.54) is 0 Å². The Morgan fingerprint density at radius 2 is 1.14 bits per heavy atom. The van der Waals surface area contributed by atoms with Crippen LogP contribution in [0.25, 0.3) is 10.6 Å². The van der Waals surface area contributed by atoms with Gasteiger partial charge in [-0.25, -0.2) is 40.6 Å². The average Bonchev–Trinajstić information content (AvgIpc) is 2.29. The molecule has 0 atom stereocenters. The predicted octanol–water partition coefficient (Wildman–Crippen LogP) is -7.70. The van der Waals surface area contributed by atoms with Crippen molar-refractivity contribution in [3.63, 3.8) is 0 Å². The summed E-state index contributed by atoms with van der Waals surface area (Å²) in [5.74, 6) is -2.32. The van der Waals surface area contributed by atoms with E-state index in [1.807, 2.05) is 0 Å². The normalized spacial score (nSPS) is 10.7. The quantitative estimate of drug-likeness (QED) is 0.173. The molecule has 0 fully saturated rings. The van der Waals surface area contributed by atoms with E-state index in [1.54, 1.807) is 0 Å². The SMILES string of the molecule is N/C(=N/[N+](=O)[O-])[N-]c1nnc([N-]/C(N)=N/[N+](=O)[O-])nn1.[Na+].[Na+]. The third kappa shape index (κ3) is 9.26. The van der Waals surface area contributed by atoms with E-state index in [-0.39, 0.29) is 59.1 Å². The zero-order valence-corrected chi connectivity index (χ0v) is 15.3. The molecular formula is C4H4N12Na2O4. The molecule has 1 rings (SSSR count). The molecule has 0 radical (unpaired) electrons. The summed E-state index contributed by atoms with van der Waals surface area (Å²) in [6.45, 7) is 0. The molecule has 16 nitrogen and oxygen atoms in total. The summed E-state index contributed by atoms with van der Waals surface area (Å²) < 4.78 is 0. The number of guanidine groups is 2. The molecular weight excluding hydrogens is 326 g/mol. The standard InChI is InChI=1S/C4H4N12O4.2Na/c5-1(13-15(17)18)7-3-9-11-4(12-10-3)8-2(6)14-16(19)20;;/h(H4-2,5,6,7,8,9,10,11,12,13,14);;/q-2;2*+1. The van der Waals surface area contributed by atoms with Gasteiger partial charge in [-0.3, -0.25) is 10.6 Å². The molecule has 18 heteroatoms. The first-order chi connectivity index (χ1) is 9.36. The largest absolute Gasteiger partial charge is 1.00 e. The average molecular weight is 330 g/mol. The number of aromatic nitrogens is 4. The van der Waals surface area contributed by atoms with E-state index in [9.17, 15) is 20.2 Å². The Hall–Kier alpha value is -1.72. The molecule has 0 saturated carbocycles. The minimum Gasteiger partial charge on any atom is -0.414 e. The van der Waals surface area contributed by atoms with Crippen LogP contribution < -0.4 is 70.6 Å². The minimum atomic E-state index is -1.07. The molecule has 106 valence electrons. The van der Waals surface area contributed by atoms with Crippen molar-refractivity contribution < 1.29 is 69.2 Å². The Morgan fingerprint density at radius 1 is 0.864 bits per heavy atom. The van der Waals surface area contributed by atoms with Crippen LogP contribution in [0.3, 0.4) is 0 Å². The van der Waals surface area contributed by atoms with Crippen LogP contribution >= 0.6 is 0 Å². The van der Waals surface area contributed by atoms with Gasteiger partial charge in [0, 0.05) is 10.2 Å². The second kappa shape index (κ2) is 10.9. The first-order valence-electron chi connectivity index (χ1n) is 4.34. The molecule has 0 aliphatic heterocycles. The molecule has 0 bridgehead atoms. The summed E-state index contributed by atoms with van der Waals surface area (Å²) in [5.41, 5.74) is 10.1. The molecule has 0 spiro atoms. The fourth-order valence-electron chi connectivity index (χ4n) is 0.725. The topological polar surface area (TPSA) is 243 Å². The van der Waals surface area contributed by atoms with Crippen molar-refractivity contribution in [2.45, 2.75) is 0 Å². The van der Waals surface area contributed by atoms with E-state index >= 15 is 0 Å². The van der Waals surface area contributed by atoms with Crippen LogP contribution in [-0.2, 0) is 0 Å². The third-order valence-corrected chi connectivity index (χ3v) is 1.26. The number of nitrogens with two attached hydrogens (primary N) is 2. The fraction of sp³-hybridized carbons (Fsp3) is 0. The van der Waals surface area contributed by atoms with Gasteiger partial charge in [-0.05, 0) is 0 Å². The zero-order chi connectivity index (χ0) is 15.1. The summed E-state index contributed by atoms with van der Waals surface area (Å²) in [6, 6.07) is 0. The number of hydrogen-bond acceptors (Lipinski definition) is 8. The van der Waals surface area contributed by atoms with Crippen molar-refractivity contribution in [1.29, 1.82) is 0 Å². The zero-order valence-electron chi connectivity index (χ0n) is 11.3. The number of nitro groups is 2. The molecule has 0 aromatic carbocycles. The van der Waals surface area contributed by atoms with Crippen LogP contribution in [0.1, 0.15) is 0 Å². The van der Waals surface area contributed by atoms with Crippen LogP contribution in [0, 0.1) is 20.2 Å². The summed E-state index contributed by atoms with van der Waals surface area (Å²) in [6.07, 6.45) is 0. The van der Waals surface area contributed by atoms with Crippen molar-refractivity contribution in [1.82, 2.24) is 20.4 Å². The molecule has 0 unspecified atom stereocenters. The Balaban J connectivity index is 0.